The Kier molecular flexibility index (Phi) is 8.53. The molecule has 0 aromatic heterocycles. The van der Waals surface area contributed by atoms with Gasteiger partial charge in [0.1, 0.15) is 11.9 Å². The minimum atomic E-state index is -1.93. The maximum Gasteiger partial charge on any atom is 0.347 e. The molecule has 3 N–H and O–H groups in total. The van der Waals surface area contributed by atoms with Gasteiger partial charge in [-0.3, -0.25) is 4.90 Å². The van der Waals surface area contributed by atoms with Gasteiger partial charge in [0, 0.05) is 25.2 Å². The summed E-state index contributed by atoms with van der Waals surface area (Å²) < 4.78 is 11.7. The van der Waals surface area contributed by atoms with E-state index in [1.807, 2.05) is 24.3 Å². The lowest BCUT2D eigenvalue weighted by molar-refractivity contribution is -0.170. The van der Waals surface area contributed by atoms with Crippen LogP contribution in [-0.2, 0) is 21.7 Å². The molecule has 0 amide bonds. The van der Waals surface area contributed by atoms with E-state index in [1.165, 1.54) is 5.56 Å². The molecule has 0 radical (unpaired) electrons. The molecule has 0 spiro atoms. The first-order valence-corrected chi connectivity index (χ1v) is 12.3. The number of carbonyl (C=O) groups excluding carboxylic acids is 1. The van der Waals surface area contributed by atoms with Gasteiger partial charge in [-0.1, -0.05) is 72.8 Å². The van der Waals surface area contributed by atoms with Gasteiger partial charge < -0.3 is 20.3 Å². The van der Waals surface area contributed by atoms with Crippen LogP contribution in [0, 0.1) is 0 Å². The van der Waals surface area contributed by atoms with Gasteiger partial charge >= 0.3 is 5.97 Å². The highest BCUT2D eigenvalue weighted by molar-refractivity contribution is 5.85. The second kappa shape index (κ2) is 12.0. The number of benzene rings is 3. The number of esters is 1. The Balaban J connectivity index is 1.47. The number of piperidine rings is 1. The second-order valence-corrected chi connectivity index (χ2v) is 8.96. The van der Waals surface area contributed by atoms with Gasteiger partial charge in [-0.05, 0) is 49.1 Å². The van der Waals surface area contributed by atoms with E-state index in [0.29, 0.717) is 30.0 Å². The minimum absolute atomic E-state index is 0.242. The fourth-order valence-electron chi connectivity index (χ4n) is 4.43. The van der Waals surface area contributed by atoms with Crippen LogP contribution in [0.2, 0.25) is 0 Å². The normalized spacial score (nSPS) is 16.4. The van der Waals surface area contributed by atoms with E-state index in [0.717, 1.165) is 38.9 Å². The van der Waals surface area contributed by atoms with Crippen LogP contribution in [0.25, 0.3) is 0 Å². The summed E-state index contributed by atoms with van der Waals surface area (Å²) in [5.74, 6) is -0.0864. The van der Waals surface area contributed by atoms with Crippen LogP contribution in [0.15, 0.2) is 84.9 Å². The summed E-state index contributed by atoms with van der Waals surface area (Å²) in [4.78, 5) is 15.9. The Morgan fingerprint density at radius 1 is 0.943 bits per heavy atom. The van der Waals surface area contributed by atoms with Gasteiger partial charge in [-0.2, -0.15) is 0 Å². The molecule has 184 valence electrons. The third kappa shape index (κ3) is 6.28. The van der Waals surface area contributed by atoms with Crippen LogP contribution in [0.4, 0.5) is 0 Å². The summed E-state index contributed by atoms with van der Waals surface area (Å²) in [6.45, 7) is 3.55. The zero-order valence-corrected chi connectivity index (χ0v) is 20.0. The summed E-state index contributed by atoms with van der Waals surface area (Å²) in [6, 6.07) is 26.3. The molecule has 1 atom stereocenters. The Labute approximate surface area is 207 Å². The van der Waals surface area contributed by atoms with Crippen LogP contribution in [0.1, 0.15) is 36.0 Å². The Bertz CT molecular complexity index is 1070. The molecule has 1 heterocycles. The molecule has 6 nitrogen and oxygen atoms in total. The smallest absolute Gasteiger partial charge is 0.347 e. The molecular weight excluding hydrogens is 440 g/mol. The highest BCUT2D eigenvalue weighted by Crippen LogP contribution is 2.34. The first-order valence-electron chi connectivity index (χ1n) is 12.3. The molecular formula is C29H34N2O4. The van der Waals surface area contributed by atoms with Crippen LogP contribution in [0.3, 0.4) is 0 Å². The number of carbonyl (C=O) groups is 1. The fraction of sp³-hybridized carbons (Fsp3) is 0.345. The highest BCUT2D eigenvalue weighted by atomic mass is 16.6. The zero-order valence-electron chi connectivity index (χ0n) is 20.0. The summed E-state index contributed by atoms with van der Waals surface area (Å²) in [6.07, 6.45) is 1.93. The molecule has 35 heavy (non-hydrogen) atoms. The number of hydrogen-bond acceptors (Lipinski definition) is 6. The topological polar surface area (TPSA) is 85.0 Å². The predicted octanol–water partition coefficient (Wildman–Crippen LogP) is 3.86. The maximum atomic E-state index is 13.5. The molecule has 1 saturated heterocycles. The number of nitrogens with two attached hydrogens (primary N) is 1. The largest absolute Gasteiger partial charge is 0.494 e. The van der Waals surface area contributed by atoms with Crippen molar-refractivity contribution in [1.29, 1.82) is 0 Å². The average molecular weight is 475 g/mol. The molecule has 1 aliphatic rings. The van der Waals surface area contributed by atoms with Crippen molar-refractivity contribution in [2.75, 3.05) is 26.2 Å². The van der Waals surface area contributed by atoms with Crippen LogP contribution in [0.5, 0.6) is 5.75 Å². The highest BCUT2D eigenvalue weighted by Gasteiger charge is 2.43. The number of nitrogens with zero attached hydrogens (tertiary/aromatic N) is 1. The summed E-state index contributed by atoms with van der Waals surface area (Å²) >= 11 is 0. The lowest BCUT2D eigenvalue weighted by Crippen LogP contribution is -2.43. The van der Waals surface area contributed by atoms with Crippen molar-refractivity contribution >= 4 is 5.97 Å². The number of ether oxygens (including phenoxy) is 2. The lowest BCUT2D eigenvalue weighted by atomic mass is 9.86. The molecule has 1 aliphatic heterocycles. The average Bonchev–Trinajstić information content (AvgIpc) is 2.91. The van der Waals surface area contributed by atoms with Crippen molar-refractivity contribution in [3.63, 3.8) is 0 Å². The quantitative estimate of drug-likeness (QED) is 0.343. The van der Waals surface area contributed by atoms with Crippen molar-refractivity contribution in [3.8, 4) is 5.75 Å². The third-order valence-corrected chi connectivity index (χ3v) is 6.41. The van der Waals surface area contributed by atoms with E-state index in [2.05, 4.69) is 17.0 Å². The molecule has 0 saturated carbocycles. The van der Waals surface area contributed by atoms with Crippen molar-refractivity contribution in [3.05, 3.63) is 102 Å². The van der Waals surface area contributed by atoms with Gasteiger partial charge in [0.2, 0.25) is 5.60 Å². The van der Waals surface area contributed by atoms with Crippen LogP contribution >= 0.6 is 0 Å². The molecule has 3 aromatic rings. The van der Waals surface area contributed by atoms with Gasteiger partial charge in [-0.15, -0.1) is 0 Å². The zero-order chi connectivity index (χ0) is 24.5. The van der Waals surface area contributed by atoms with E-state index in [1.54, 1.807) is 48.5 Å². The Morgan fingerprint density at radius 3 is 2.29 bits per heavy atom. The lowest BCUT2D eigenvalue weighted by Gasteiger charge is -2.34. The van der Waals surface area contributed by atoms with Crippen molar-refractivity contribution in [2.45, 2.75) is 37.5 Å². The fourth-order valence-corrected chi connectivity index (χ4v) is 4.43. The van der Waals surface area contributed by atoms with E-state index >= 15 is 0 Å². The minimum Gasteiger partial charge on any atom is -0.494 e. The monoisotopic (exact) mass is 474 g/mol. The number of aliphatic hydroxyl groups is 1. The van der Waals surface area contributed by atoms with Crippen LogP contribution < -0.4 is 10.5 Å². The van der Waals surface area contributed by atoms with Crippen molar-refractivity contribution in [2.24, 2.45) is 5.73 Å². The van der Waals surface area contributed by atoms with Crippen LogP contribution in [-0.4, -0.2) is 48.3 Å². The molecule has 1 unspecified atom stereocenters. The van der Waals surface area contributed by atoms with Crippen molar-refractivity contribution < 1.29 is 19.4 Å². The summed E-state index contributed by atoms with van der Waals surface area (Å²) in [7, 11) is 0. The molecule has 3 aromatic carbocycles. The third-order valence-electron chi connectivity index (χ3n) is 6.41. The van der Waals surface area contributed by atoms with E-state index < -0.39 is 11.6 Å². The van der Waals surface area contributed by atoms with E-state index in [4.69, 9.17) is 15.2 Å². The SMILES string of the molecule is NCCCOc1cccc(C(O)(C(=O)OC2CCN(Cc3ccccc3)CC2)c2ccccc2)c1. The number of hydrogen-bond donors (Lipinski definition) is 2. The standard InChI is InChI=1S/C29H34N2O4/c30-17-8-20-34-27-14-7-13-25(21-27)29(33,24-11-5-2-6-12-24)28(32)35-26-15-18-31(19-16-26)22-23-9-3-1-4-10-23/h1-7,9-14,21,26,33H,8,15-20,22,30H2. The Morgan fingerprint density at radius 2 is 1.60 bits per heavy atom. The predicted molar refractivity (Wildman–Crippen MR) is 136 cm³/mol. The van der Waals surface area contributed by atoms with Gasteiger partial charge in [0.05, 0.1) is 6.61 Å². The number of likely N-dealkylation sites (tertiary alicyclic amines) is 1. The molecule has 1 fully saturated rings. The van der Waals surface area contributed by atoms with Gasteiger partial charge in [0.15, 0.2) is 0 Å². The van der Waals surface area contributed by atoms with Gasteiger partial charge in [0.25, 0.3) is 0 Å². The maximum absolute atomic E-state index is 13.5. The Hall–Kier alpha value is -3.19. The van der Waals surface area contributed by atoms with E-state index in [-0.39, 0.29) is 6.10 Å². The summed E-state index contributed by atoms with van der Waals surface area (Å²) in [5.41, 5.74) is 5.78. The number of rotatable bonds is 10. The molecule has 0 aliphatic carbocycles. The first kappa shape index (κ1) is 24.9. The second-order valence-electron chi connectivity index (χ2n) is 8.96. The van der Waals surface area contributed by atoms with Gasteiger partial charge in [-0.25, -0.2) is 4.79 Å². The first-order chi connectivity index (χ1) is 17.1. The summed E-state index contributed by atoms with van der Waals surface area (Å²) in [5, 5.41) is 11.8. The van der Waals surface area contributed by atoms with Crippen molar-refractivity contribution in [1.82, 2.24) is 4.90 Å². The molecule has 4 rings (SSSR count). The molecule has 0 bridgehead atoms. The molecule has 6 heteroatoms. The van der Waals surface area contributed by atoms with E-state index in [9.17, 15) is 9.90 Å².